The Labute approximate surface area is 153 Å². The number of carbonyl (C=O) groups is 2. The third-order valence-corrected chi connectivity index (χ3v) is 4.57. The van der Waals surface area contributed by atoms with Crippen LogP contribution in [0.25, 0.3) is 6.08 Å². The highest BCUT2D eigenvalue weighted by Gasteiger charge is 2.24. The zero-order valence-corrected chi connectivity index (χ0v) is 15.2. The molecule has 138 valence electrons. The Morgan fingerprint density at radius 2 is 1.96 bits per heavy atom. The molecule has 0 unspecified atom stereocenters. The maximum atomic E-state index is 12.4. The topological polar surface area (TPSA) is 88.4 Å². The number of ether oxygens (including phenoxy) is 2. The van der Waals surface area contributed by atoms with E-state index in [0.717, 1.165) is 19.3 Å². The first-order valence-electron chi connectivity index (χ1n) is 8.76. The highest BCUT2D eigenvalue weighted by atomic mass is 16.6. The predicted octanol–water partition coefficient (Wildman–Crippen LogP) is 2.84. The van der Waals surface area contributed by atoms with Crippen molar-refractivity contribution in [3.8, 4) is 11.8 Å². The van der Waals surface area contributed by atoms with Gasteiger partial charge in [-0.15, -0.1) is 0 Å². The van der Waals surface area contributed by atoms with E-state index in [1.54, 1.807) is 30.3 Å². The Morgan fingerprint density at radius 3 is 2.58 bits per heavy atom. The van der Waals surface area contributed by atoms with Crippen LogP contribution in [0.15, 0.2) is 29.8 Å². The van der Waals surface area contributed by atoms with Crippen LogP contribution in [0, 0.1) is 17.2 Å². The van der Waals surface area contributed by atoms with E-state index in [9.17, 15) is 14.9 Å². The summed E-state index contributed by atoms with van der Waals surface area (Å²) in [6.07, 6.45) is 5.90. The average molecular weight is 356 g/mol. The van der Waals surface area contributed by atoms with E-state index in [-0.39, 0.29) is 24.1 Å². The van der Waals surface area contributed by atoms with E-state index in [2.05, 4.69) is 17.0 Å². The molecule has 0 aromatic heterocycles. The molecule has 0 aliphatic heterocycles. The minimum absolute atomic E-state index is 0.0750. The van der Waals surface area contributed by atoms with Gasteiger partial charge in [-0.2, -0.15) is 5.26 Å². The number of rotatable bonds is 6. The standard InChI is InChI=1S/C20H24N2O4/c1-14-5-3-4-6-18(14)22-20(24)16(12-21)11-15-7-9-17(10-8-15)26-13-19(23)25-2/h7-11,14,18H,3-6,13H2,1-2H3,(H,22,24)/b16-11+/t14-,18-/m1/s1. The molecule has 0 saturated heterocycles. The lowest BCUT2D eigenvalue weighted by Crippen LogP contribution is -2.41. The van der Waals surface area contributed by atoms with E-state index in [1.807, 2.05) is 6.07 Å². The Hall–Kier alpha value is -2.81. The summed E-state index contributed by atoms with van der Waals surface area (Å²) in [5, 5.41) is 12.3. The Balaban J connectivity index is 1.99. The van der Waals surface area contributed by atoms with Gasteiger partial charge in [0.15, 0.2) is 6.61 Å². The van der Waals surface area contributed by atoms with E-state index in [0.29, 0.717) is 17.2 Å². The molecular formula is C20H24N2O4. The third kappa shape index (κ3) is 5.62. The number of benzene rings is 1. The number of nitrogens with one attached hydrogen (secondary N) is 1. The summed E-state index contributed by atoms with van der Waals surface area (Å²) < 4.78 is 9.77. The molecule has 6 nitrogen and oxygen atoms in total. The molecule has 1 aliphatic rings. The second kappa shape index (κ2) is 9.62. The summed E-state index contributed by atoms with van der Waals surface area (Å²) in [4.78, 5) is 23.5. The van der Waals surface area contributed by atoms with Crippen molar-refractivity contribution >= 4 is 18.0 Å². The molecule has 1 amide bonds. The van der Waals surface area contributed by atoms with Gasteiger partial charge in [0.25, 0.3) is 5.91 Å². The van der Waals surface area contributed by atoms with Gasteiger partial charge in [-0.1, -0.05) is 31.9 Å². The van der Waals surface area contributed by atoms with Crippen LogP contribution in [0.3, 0.4) is 0 Å². The molecule has 1 aromatic carbocycles. The molecule has 2 rings (SSSR count). The van der Waals surface area contributed by atoms with Crippen LogP contribution in [-0.4, -0.2) is 31.6 Å². The summed E-state index contributed by atoms with van der Waals surface area (Å²) in [5.41, 5.74) is 0.782. The van der Waals surface area contributed by atoms with Crippen LogP contribution in [0.4, 0.5) is 0 Å². The highest BCUT2D eigenvalue weighted by Crippen LogP contribution is 2.24. The molecule has 0 heterocycles. The van der Waals surface area contributed by atoms with Gasteiger partial charge in [0.05, 0.1) is 7.11 Å². The second-order valence-electron chi connectivity index (χ2n) is 6.45. The maximum Gasteiger partial charge on any atom is 0.343 e. The molecule has 1 aromatic rings. The van der Waals surface area contributed by atoms with Crippen molar-refractivity contribution < 1.29 is 19.1 Å². The zero-order valence-electron chi connectivity index (χ0n) is 15.2. The van der Waals surface area contributed by atoms with Gasteiger partial charge in [-0.05, 0) is 42.5 Å². The third-order valence-electron chi connectivity index (χ3n) is 4.57. The van der Waals surface area contributed by atoms with Crippen molar-refractivity contribution in [2.24, 2.45) is 5.92 Å². The molecule has 1 N–H and O–H groups in total. The van der Waals surface area contributed by atoms with Gasteiger partial charge in [0.1, 0.15) is 17.4 Å². The second-order valence-corrected chi connectivity index (χ2v) is 6.45. The van der Waals surface area contributed by atoms with Crippen LogP contribution < -0.4 is 10.1 Å². The smallest absolute Gasteiger partial charge is 0.343 e. The predicted molar refractivity (Wildman–Crippen MR) is 97.1 cm³/mol. The number of esters is 1. The molecule has 0 bridgehead atoms. The fraction of sp³-hybridized carbons (Fsp3) is 0.450. The average Bonchev–Trinajstić information content (AvgIpc) is 2.66. The first-order chi connectivity index (χ1) is 12.5. The number of hydrogen-bond donors (Lipinski definition) is 1. The monoisotopic (exact) mass is 356 g/mol. The molecule has 6 heteroatoms. The number of nitrogens with zero attached hydrogens (tertiary/aromatic N) is 1. The van der Waals surface area contributed by atoms with Crippen LogP contribution in [-0.2, 0) is 14.3 Å². The number of nitriles is 1. The van der Waals surface area contributed by atoms with Gasteiger partial charge in [0.2, 0.25) is 0 Å². The number of methoxy groups -OCH3 is 1. The zero-order chi connectivity index (χ0) is 18.9. The van der Waals surface area contributed by atoms with Crippen molar-refractivity contribution in [3.05, 3.63) is 35.4 Å². The normalized spacial score (nSPS) is 20.0. The molecule has 1 saturated carbocycles. The van der Waals surface area contributed by atoms with E-state index >= 15 is 0 Å². The van der Waals surface area contributed by atoms with Crippen molar-refractivity contribution in [1.82, 2.24) is 5.32 Å². The van der Waals surface area contributed by atoms with E-state index in [1.165, 1.54) is 13.5 Å². The van der Waals surface area contributed by atoms with Crippen molar-refractivity contribution in [2.45, 2.75) is 38.6 Å². The fourth-order valence-electron chi connectivity index (χ4n) is 2.95. The quantitative estimate of drug-likeness (QED) is 0.481. The SMILES string of the molecule is COC(=O)COc1ccc(/C=C(\C#N)C(=O)N[C@@H]2CCCC[C@H]2C)cc1. The lowest BCUT2D eigenvalue weighted by Gasteiger charge is -2.29. The number of amides is 1. The van der Waals surface area contributed by atoms with Crippen LogP contribution >= 0.6 is 0 Å². The molecule has 2 atom stereocenters. The Bertz CT molecular complexity index is 704. The van der Waals surface area contributed by atoms with Crippen LogP contribution in [0.1, 0.15) is 38.2 Å². The largest absolute Gasteiger partial charge is 0.482 e. The fourth-order valence-corrected chi connectivity index (χ4v) is 2.95. The summed E-state index contributed by atoms with van der Waals surface area (Å²) in [6.45, 7) is 1.96. The first-order valence-corrected chi connectivity index (χ1v) is 8.76. The molecular weight excluding hydrogens is 332 g/mol. The molecule has 1 fully saturated rings. The summed E-state index contributed by atoms with van der Waals surface area (Å²) in [7, 11) is 1.29. The highest BCUT2D eigenvalue weighted by molar-refractivity contribution is 6.01. The number of carbonyl (C=O) groups excluding carboxylic acids is 2. The first kappa shape index (κ1) is 19.5. The van der Waals surface area contributed by atoms with Crippen LogP contribution in [0.2, 0.25) is 0 Å². The lowest BCUT2D eigenvalue weighted by molar-refractivity contribution is -0.142. The minimum Gasteiger partial charge on any atom is -0.482 e. The Kier molecular flexibility index (Phi) is 7.22. The summed E-state index contributed by atoms with van der Waals surface area (Å²) >= 11 is 0. The van der Waals surface area contributed by atoms with Crippen molar-refractivity contribution in [1.29, 1.82) is 5.26 Å². The van der Waals surface area contributed by atoms with E-state index in [4.69, 9.17) is 4.74 Å². The van der Waals surface area contributed by atoms with Gasteiger partial charge in [0, 0.05) is 6.04 Å². The molecule has 0 radical (unpaired) electrons. The molecule has 0 spiro atoms. The van der Waals surface area contributed by atoms with Gasteiger partial charge < -0.3 is 14.8 Å². The van der Waals surface area contributed by atoms with Crippen LogP contribution in [0.5, 0.6) is 5.75 Å². The van der Waals surface area contributed by atoms with Gasteiger partial charge >= 0.3 is 5.97 Å². The minimum atomic E-state index is -0.464. The lowest BCUT2D eigenvalue weighted by atomic mass is 9.86. The van der Waals surface area contributed by atoms with E-state index < -0.39 is 5.97 Å². The molecule has 1 aliphatic carbocycles. The molecule has 26 heavy (non-hydrogen) atoms. The van der Waals surface area contributed by atoms with Crippen molar-refractivity contribution in [2.75, 3.05) is 13.7 Å². The van der Waals surface area contributed by atoms with Crippen molar-refractivity contribution in [3.63, 3.8) is 0 Å². The van der Waals surface area contributed by atoms with Gasteiger partial charge in [-0.25, -0.2) is 4.79 Å². The summed E-state index contributed by atoms with van der Waals surface area (Å²) in [6, 6.07) is 8.89. The Morgan fingerprint density at radius 1 is 1.27 bits per heavy atom. The summed E-state index contributed by atoms with van der Waals surface area (Å²) in [5.74, 6) is 0.136. The number of hydrogen-bond acceptors (Lipinski definition) is 5. The maximum absolute atomic E-state index is 12.4. The van der Waals surface area contributed by atoms with Gasteiger partial charge in [-0.3, -0.25) is 4.79 Å².